The van der Waals surface area contributed by atoms with E-state index in [0.717, 1.165) is 6.42 Å². The van der Waals surface area contributed by atoms with E-state index in [1.807, 2.05) is 0 Å². The molecule has 0 aromatic rings. The van der Waals surface area contributed by atoms with Crippen LogP contribution in [0.1, 0.15) is 12.8 Å². The van der Waals surface area contributed by atoms with E-state index < -0.39 is 0 Å². The summed E-state index contributed by atoms with van der Waals surface area (Å²) in [6.45, 7) is 0.583. The van der Waals surface area contributed by atoms with Gasteiger partial charge in [-0.05, 0) is 19.4 Å². The molecule has 1 amide bonds. The van der Waals surface area contributed by atoms with Crippen LogP contribution in [0.4, 0.5) is 0 Å². The molecule has 1 rings (SSSR count). The van der Waals surface area contributed by atoms with Gasteiger partial charge in [-0.25, -0.2) is 4.99 Å². The number of nitrogens with zero attached hydrogens (tertiary/aromatic N) is 1. The molecule has 0 saturated carbocycles. The quantitative estimate of drug-likeness (QED) is 0.466. The Hall–Kier alpha value is -1.10. The Morgan fingerprint density at radius 2 is 2.36 bits per heavy atom. The zero-order valence-electron chi connectivity index (χ0n) is 6.21. The molecule has 5 heteroatoms. The van der Waals surface area contributed by atoms with Crippen molar-refractivity contribution in [2.45, 2.75) is 18.9 Å². The van der Waals surface area contributed by atoms with Gasteiger partial charge in [0.25, 0.3) is 5.91 Å². The van der Waals surface area contributed by atoms with Crippen LogP contribution in [0.2, 0.25) is 0 Å². The first-order valence-electron chi connectivity index (χ1n) is 3.58. The van der Waals surface area contributed by atoms with E-state index in [1.54, 1.807) is 0 Å². The molecular formula is C6H12N4O. The van der Waals surface area contributed by atoms with E-state index in [9.17, 15) is 4.79 Å². The maximum Gasteiger partial charge on any atom is 0.251 e. The summed E-state index contributed by atoms with van der Waals surface area (Å²) in [4.78, 5) is 14.8. The number of rotatable bonds is 3. The van der Waals surface area contributed by atoms with Crippen LogP contribution in [0.5, 0.6) is 0 Å². The smallest absolute Gasteiger partial charge is 0.251 e. The minimum absolute atomic E-state index is 0.115. The molecule has 5 N–H and O–H groups in total. The number of hydrogen-bond donors (Lipinski definition) is 3. The lowest BCUT2D eigenvalue weighted by Gasteiger charge is -2.00. The zero-order valence-corrected chi connectivity index (χ0v) is 6.21. The summed E-state index contributed by atoms with van der Waals surface area (Å²) in [6, 6.07) is -0.307. The predicted molar refractivity (Wildman–Crippen MR) is 41.8 cm³/mol. The number of hydrogen-bond acceptors (Lipinski definition) is 4. The molecule has 1 aliphatic rings. The first-order chi connectivity index (χ1) is 5.24. The lowest BCUT2D eigenvalue weighted by Crippen LogP contribution is -2.33. The predicted octanol–water partition coefficient (Wildman–Crippen LogP) is -1.46. The van der Waals surface area contributed by atoms with Crippen molar-refractivity contribution in [1.82, 2.24) is 5.32 Å². The van der Waals surface area contributed by atoms with E-state index in [-0.39, 0.29) is 17.9 Å². The third-order valence-corrected chi connectivity index (χ3v) is 1.53. The Morgan fingerprint density at radius 1 is 1.64 bits per heavy atom. The van der Waals surface area contributed by atoms with Crippen molar-refractivity contribution in [2.75, 3.05) is 6.54 Å². The SMILES string of the molecule is NCCCC1N=C(N)NC1=O. The summed E-state index contributed by atoms with van der Waals surface area (Å²) < 4.78 is 0. The average Bonchev–Trinajstić information content (AvgIpc) is 2.26. The highest BCUT2D eigenvalue weighted by molar-refractivity contribution is 6.04. The molecule has 0 radical (unpaired) electrons. The number of carbonyl (C=O) groups excluding carboxylic acids is 1. The van der Waals surface area contributed by atoms with Crippen molar-refractivity contribution in [1.29, 1.82) is 0 Å². The first kappa shape index (κ1) is 8.00. The highest BCUT2D eigenvalue weighted by Gasteiger charge is 2.23. The van der Waals surface area contributed by atoms with Crippen LogP contribution in [0.25, 0.3) is 0 Å². The van der Waals surface area contributed by atoms with Crippen LogP contribution in [0.15, 0.2) is 4.99 Å². The molecule has 0 saturated heterocycles. The van der Waals surface area contributed by atoms with Crippen molar-refractivity contribution in [3.05, 3.63) is 0 Å². The van der Waals surface area contributed by atoms with Gasteiger partial charge in [0.2, 0.25) is 0 Å². The molecular weight excluding hydrogens is 144 g/mol. The molecule has 62 valence electrons. The van der Waals surface area contributed by atoms with Crippen molar-refractivity contribution in [2.24, 2.45) is 16.5 Å². The second-order valence-corrected chi connectivity index (χ2v) is 2.45. The fourth-order valence-corrected chi connectivity index (χ4v) is 0.975. The van der Waals surface area contributed by atoms with Gasteiger partial charge in [-0.3, -0.25) is 10.1 Å². The van der Waals surface area contributed by atoms with Crippen molar-refractivity contribution in [3.63, 3.8) is 0 Å². The highest BCUT2D eigenvalue weighted by atomic mass is 16.2. The molecule has 1 unspecified atom stereocenters. The third kappa shape index (κ3) is 1.91. The zero-order chi connectivity index (χ0) is 8.27. The number of aliphatic imine (C=N–C) groups is 1. The fourth-order valence-electron chi connectivity index (χ4n) is 0.975. The van der Waals surface area contributed by atoms with Crippen LogP contribution < -0.4 is 16.8 Å². The summed E-state index contributed by atoms with van der Waals surface area (Å²) in [7, 11) is 0. The molecule has 5 nitrogen and oxygen atoms in total. The highest BCUT2D eigenvalue weighted by Crippen LogP contribution is 2.05. The Labute approximate surface area is 64.8 Å². The molecule has 1 heterocycles. The minimum atomic E-state index is -0.307. The lowest BCUT2D eigenvalue weighted by atomic mass is 10.1. The van der Waals surface area contributed by atoms with Gasteiger partial charge < -0.3 is 11.5 Å². The lowest BCUT2D eigenvalue weighted by molar-refractivity contribution is -0.120. The van der Waals surface area contributed by atoms with Crippen LogP contribution in [0, 0.1) is 0 Å². The normalized spacial score (nSPS) is 23.2. The number of amides is 1. The van der Waals surface area contributed by atoms with Crippen LogP contribution >= 0.6 is 0 Å². The van der Waals surface area contributed by atoms with Crippen LogP contribution in [-0.4, -0.2) is 24.5 Å². The van der Waals surface area contributed by atoms with Gasteiger partial charge in [0.05, 0.1) is 0 Å². The number of guanidine groups is 1. The summed E-state index contributed by atoms with van der Waals surface area (Å²) in [5, 5.41) is 2.42. The molecule has 0 aromatic heterocycles. The molecule has 1 atom stereocenters. The second kappa shape index (κ2) is 3.34. The fraction of sp³-hybridized carbons (Fsp3) is 0.667. The first-order valence-corrected chi connectivity index (χ1v) is 3.58. The van der Waals surface area contributed by atoms with Gasteiger partial charge >= 0.3 is 0 Å². The van der Waals surface area contributed by atoms with Crippen molar-refractivity contribution < 1.29 is 4.79 Å². The van der Waals surface area contributed by atoms with Gasteiger partial charge in [-0.1, -0.05) is 0 Å². The van der Waals surface area contributed by atoms with Crippen molar-refractivity contribution in [3.8, 4) is 0 Å². The Kier molecular flexibility index (Phi) is 2.43. The van der Waals surface area contributed by atoms with Gasteiger partial charge in [-0.2, -0.15) is 0 Å². The Bertz CT molecular complexity index is 189. The third-order valence-electron chi connectivity index (χ3n) is 1.53. The van der Waals surface area contributed by atoms with Gasteiger partial charge in [0, 0.05) is 0 Å². The molecule has 0 aliphatic carbocycles. The summed E-state index contributed by atoms with van der Waals surface area (Å²) in [6.07, 6.45) is 1.48. The Morgan fingerprint density at radius 3 is 2.82 bits per heavy atom. The molecule has 1 aliphatic heterocycles. The van der Waals surface area contributed by atoms with Gasteiger partial charge in [0.15, 0.2) is 5.96 Å². The minimum Gasteiger partial charge on any atom is -0.370 e. The van der Waals surface area contributed by atoms with E-state index in [4.69, 9.17) is 11.5 Å². The van der Waals surface area contributed by atoms with Crippen molar-refractivity contribution >= 4 is 11.9 Å². The van der Waals surface area contributed by atoms with Crippen LogP contribution in [-0.2, 0) is 4.79 Å². The maximum atomic E-state index is 10.9. The largest absolute Gasteiger partial charge is 0.370 e. The monoisotopic (exact) mass is 156 g/mol. The van der Waals surface area contributed by atoms with E-state index in [1.165, 1.54) is 0 Å². The van der Waals surface area contributed by atoms with Gasteiger partial charge in [-0.15, -0.1) is 0 Å². The summed E-state index contributed by atoms with van der Waals surface area (Å²) in [5.74, 6) is 0.105. The van der Waals surface area contributed by atoms with Gasteiger partial charge in [0.1, 0.15) is 6.04 Å². The molecule has 11 heavy (non-hydrogen) atoms. The van der Waals surface area contributed by atoms with E-state index in [0.29, 0.717) is 13.0 Å². The van der Waals surface area contributed by atoms with Crippen LogP contribution in [0.3, 0.4) is 0 Å². The molecule has 0 aromatic carbocycles. The number of nitrogens with two attached hydrogens (primary N) is 2. The maximum absolute atomic E-state index is 10.9. The average molecular weight is 156 g/mol. The molecule has 0 bridgehead atoms. The molecule has 0 spiro atoms. The number of nitrogens with one attached hydrogen (secondary N) is 1. The molecule has 0 fully saturated rings. The summed E-state index contributed by atoms with van der Waals surface area (Å²) >= 11 is 0. The summed E-state index contributed by atoms with van der Waals surface area (Å²) in [5.41, 5.74) is 10.5. The Balaban J connectivity index is 2.39. The second-order valence-electron chi connectivity index (χ2n) is 2.45. The number of carbonyl (C=O) groups is 1. The topological polar surface area (TPSA) is 93.5 Å². The van der Waals surface area contributed by atoms with E-state index in [2.05, 4.69) is 10.3 Å². The van der Waals surface area contributed by atoms with E-state index >= 15 is 0 Å². The standard InChI is InChI=1S/C6H12N4O/c7-3-1-2-4-5(11)10-6(8)9-4/h4H,1-3,7H2,(H3,8,9,10,11).